The molecule has 1 unspecified atom stereocenters. The Morgan fingerprint density at radius 2 is 1.58 bits per heavy atom. The lowest BCUT2D eigenvalue weighted by Crippen LogP contribution is -2.52. The van der Waals surface area contributed by atoms with E-state index in [-0.39, 0.29) is 28.5 Å². The third kappa shape index (κ3) is 7.69. The summed E-state index contributed by atoms with van der Waals surface area (Å²) in [6.45, 7) is 4.27. The van der Waals surface area contributed by atoms with Crippen molar-refractivity contribution >= 4 is 45.3 Å². The second-order valence-electron chi connectivity index (χ2n) is 13.2. The summed E-state index contributed by atoms with van der Waals surface area (Å²) in [7, 11) is 0. The number of carbonyl (C=O) groups excluding carboxylic acids is 3. The molecule has 0 bridgehead atoms. The number of nitrogens with zero attached hydrogens (tertiary/aromatic N) is 4. The molecule has 0 aliphatic carbocycles. The van der Waals surface area contributed by atoms with Gasteiger partial charge in [-0.25, -0.2) is 9.59 Å². The van der Waals surface area contributed by atoms with E-state index >= 15 is 0 Å². The van der Waals surface area contributed by atoms with Crippen molar-refractivity contribution in [3.05, 3.63) is 57.6 Å². The molecular weight excluding hydrogens is 693 g/mol. The van der Waals surface area contributed by atoms with Gasteiger partial charge in [0.2, 0.25) is 0 Å². The highest BCUT2D eigenvalue weighted by Gasteiger charge is 2.38. The number of urea groups is 1. The molecule has 3 N–H and O–H groups in total. The average molecular weight is 736 g/mol. The molecule has 14 heteroatoms. The molecular formula is C34H42BrF3N6O4. The number of fused-ring (bicyclic) bond motifs is 1. The van der Waals surface area contributed by atoms with Gasteiger partial charge in [0.25, 0.3) is 5.91 Å². The molecule has 10 nitrogen and oxygen atoms in total. The number of hydrogen-bond acceptors (Lipinski definition) is 6. The SMILES string of the molecule is Nc1c(Br)cc(CC(OC(=O)N2CCC(N3CCc4ccccc4NC3=O)CC2)C(=O)N2CCC(N3CCCC3)CC2)cc1C(F)(F)F. The first kappa shape index (κ1) is 34.3. The van der Waals surface area contributed by atoms with E-state index in [4.69, 9.17) is 10.5 Å². The van der Waals surface area contributed by atoms with Crippen LogP contribution in [-0.2, 0) is 28.5 Å². The Balaban J connectivity index is 1.12. The standard InChI is InChI=1S/C34H42BrF3N6O4/c35-27-20-22(19-26(30(27)39)34(36,37)38)21-29(31(45)42-14-8-24(9-15-42)41-12-3-4-13-41)48-33(47)43-16-10-25(11-17-43)44-18-7-23-5-1-2-6-28(23)40-32(44)46/h1-2,5-6,19-20,24-25,29H,3-4,7-18,21,39H2,(H,40,46). The number of rotatable bonds is 6. The normalized spacial score (nSPS) is 20.7. The van der Waals surface area contributed by atoms with Crippen molar-refractivity contribution in [3.63, 3.8) is 0 Å². The molecule has 0 radical (unpaired) electrons. The second kappa shape index (κ2) is 14.5. The molecule has 4 heterocycles. The molecule has 6 rings (SSSR count). The quantitative estimate of drug-likeness (QED) is 0.367. The van der Waals surface area contributed by atoms with Crippen LogP contribution in [0.15, 0.2) is 40.9 Å². The van der Waals surface area contributed by atoms with Gasteiger partial charge in [-0.1, -0.05) is 18.2 Å². The van der Waals surface area contributed by atoms with Gasteiger partial charge in [0.05, 0.1) is 11.3 Å². The molecule has 4 aliphatic heterocycles. The number of para-hydroxylation sites is 1. The van der Waals surface area contributed by atoms with E-state index < -0.39 is 35.5 Å². The lowest BCUT2D eigenvalue weighted by molar-refractivity contribution is -0.142. The number of halogens is 4. The lowest BCUT2D eigenvalue weighted by Gasteiger charge is -2.39. The van der Waals surface area contributed by atoms with E-state index in [0.717, 1.165) is 43.2 Å². The summed E-state index contributed by atoms with van der Waals surface area (Å²) in [5.41, 5.74) is 6.31. The highest BCUT2D eigenvalue weighted by molar-refractivity contribution is 9.10. The van der Waals surface area contributed by atoms with Crippen LogP contribution in [0.2, 0.25) is 0 Å². The Morgan fingerprint density at radius 3 is 2.27 bits per heavy atom. The van der Waals surface area contributed by atoms with Crippen molar-refractivity contribution in [2.75, 3.05) is 56.9 Å². The Hall–Kier alpha value is -3.52. The van der Waals surface area contributed by atoms with Crippen LogP contribution < -0.4 is 11.1 Å². The van der Waals surface area contributed by atoms with Gasteiger partial charge in [-0.15, -0.1) is 0 Å². The number of alkyl halides is 3. The predicted octanol–water partition coefficient (Wildman–Crippen LogP) is 5.74. The van der Waals surface area contributed by atoms with E-state index in [1.165, 1.54) is 23.8 Å². The first-order valence-corrected chi connectivity index (χ1v) is 17.6. The maximum absolute atomic E-state index is 13.9. The predicted molar refractivity (Wildman–Crippen MR) is 178 cm³/mol. The van der Waals surface area contributed by atoms with Crippen LogP contribution in [0.1, 0.15) is 55.2 Å². The summed E-state index contributed by atoms with van der Waals surface area (Å²) in [6.07, 6.45) is -1.24. The van der Waals surface area contributed by atoms with Crippen LogP contribution in [0.25, 0.3) is 0 Å². The van der Waals surface area contributed by atoms with Crippen LogP contribution in [0.5, 0.6) is 0 Å². The van der Waals surface area contributed by atoms with E-state index in [0.29, 0.717) is 58.0 Å². The summed E-state index contributed by atoms with van der Waals surface area (Å²) in [5, 5.41) is 2.99. The summed E-state index contributed by atoms with van der Waals surface area (Å²) in [5.74, 6) is -0.416. The first-order chi connectivity index (χ1) is 23.0. The second-order valence-corrected chi connectivity index (χ2v) is 14.0. The fourth-order valence-corrected chi connectivity index (χ4v) is 7.98. The molecule has 3 fully saturated rings. The van der Waals surface area contributed by atoms with Crippen LogP contribution in [0, 0.1) is 0 Å². The van der Waals surface area contributed by atoms with Crippen LogP contribution in [-0.4, -0.2) is 102 Å². The van der Waals surface area contributed by atoms with E-state index in [1.54, 1.807) is 4.90 Å². The number of anilines is 2. The minimum absolute atomic E-state index is 0.0546. The van der Waals surface area contributed by atoms with Gasteiger partial charge in [-0.05, 0) is 103 Å². The molecule has 260 valence electrons. The third-order valence-corrected chi connectivity index (χ3v) is 10.8. The molecule has 2 aromatic carbocycles. The zero-order chi connectivity index (χ0) is 34.0. The highest BCUT2D eigenvalue weighted by Crippen LogP contribution is 2.38. The monoisotopic (exact) mass is 734 g/mol. The topological polar surface area (TPSA) is 111 Å². The van der Waals surface area contributed by atoms with Gasteiger partial charge in [0.15, 0.2) is 6.10 Å². The van der Waals surface area contributed by atoms with Gasteiger partial charge in [-0.2, -0.15) is 13.2 Å². The Morgan fingerprint density at radius 1 is 0.938 bits per heavy atom. The molecule has 48 heavy (non-hydrogen) atoms. The van der Waals surface area contributed by atoms with E-state index in [1.807, 2.05) is 29.2 Å². The van der Waals surface area contributed by atoms with Crippen LogP contribution in [0.3, 0.4) is 0 Å². The number of nitrogens with one attached hydrogen (secondary N) is 1. The number of ether oxygens (including phenoxy) is 1. The van der Waals surface area contributed by atoms with Gasteiger partial charge < -0.3 is 35.4 Å². The molecule has 1 atom stereocenters. The molecule has 4 aliphatic rings. The number of benzene rings is 2. The number of nitrogens with two attached hydrogens (primary N) is 1. The Labute approximate surface area is 286 Å². The third-order valence-electron chi connectivity index (χ3n) is 10.2. The number of carbonyl (C=O) groups is 3. The van der Waals surface area contributed by atoms with Crippen molar-refractivity contribution in [3.8, 4) is 0 Å². The van der Waals surface area contributed by atoms with Crippen molar-refractivity contribution in [2.24, 2.45) is 0 Å². The van der Waals surface area contributed by atoms with Crippen molar-refractivity contribution < 1.29 is 32.3 Å². The Bertz CT molecular complexity index is 1500. The van der Waals surface area contributed by atoms with Gasteiger partial charge >= 0.3 is 18.3 Å². The van der Waals surface area contributed by atoms with Crippen molar-refractivity contribution in [2.45, 2.75) is 75.7 Å². The minimum Gasteiger partial charge on any atom is -0.436 e. The summed E-state index contributed by atoms with van der Waals surface area (Å²) in [6, 6.07) is 10.2. The van der Waals surface area contributed by atoms with Crippen LogP contribution in [0.4, 0.5) is 34.1 Å². The Kier molecular flexibility index (Phi) is 10.4. The molecule has 2 aromatic rings. The lowest BCUT2D eigenvalue weighted by atomic mass is 10.00. The first-order valence-electron chi connectivity index (χ1n) is 16.8. The minimum atomic E-state index is -4.70. The number of amides is 4. The zero-order valence-electron chi connectivity index (χ0n) is 26.8. The molecule has 0 spiro atoms. The molecule has 3 saturated heterocycles. The summed E-state index contributed by atoms with van der Waals surface area (Å²) in [4.78, 5) is 48.0. The van der Waals surface area contributed by atoms with Gasteiger partial charge in [-0.3, -0.25) is 4.79 Å². The molecule has 0 aromatic heterocycles. The zero-order valence-corrected chi connectivity index (χ0v) is 28.4. The fraction of sp³-hybridized carbons (Fsp3) is 0.559. The summed E-state index contributed by atoms with van der Waals surface area (Å²) < 4.78 is 47.3. The van der Waals surface area contributed by atoms with Crippen molar-refractivity contribution in [1.29, 1.82) is 0 Å². The van der Waals surface area contributed by atoms with Gasteiger partial charge in [0.1, 0.15) is 0 Å². The van der Waals surface area contributed by atoms with E-state index in [9.17, 15) is 27.6 Å². The van der Waals surface area contributed by atoms with Crippen LogP contribution >= 0.6 is 15.9 Å². The smallest absolute Gasteiger partial charge is 0.418 e. The maximum Gasteiger partial charge on any atom is 0.418 e. The number of nitrogen functional groups attached to an aromatic ring is 1. The molecule has 0 saturated carbocycles. The van der Waals surface area contributed by atoms with Gasteiger partial charge in [0, 0.05) is 61.4 Å². The molecule has 4 amide bonds. The fourth-order valence-electron chi connectivity index (χ4n) is 7.48. The van der Waals surface area contributed by atoms with Crippen molar-refractivity contribution in [1.82, 2.24) is 19.6 Å². The number of likely N-dealkylation sites (tertiary alicyclic amines) is 3. The van der Waals surface area contributed by atoms with E-state index in [2.05, 4.69) is 26.1 Å². The highest BCUT2D eigenvalue weighted by atomic mass is 79.9. The number of hydrogen-bond donors (Lipinski definition) is 2. The maximum atomic E-state index is 13.9. The average Bonchev–Trinajstić information content (AvgIpc) is 3.56. The largest absolute Gasteiger partial charge is 0.436 e. The number of piperidine rings is 2. The summed E-state index contributed by atoms with van der Waals surface area (Å²) >= 11 is 3.13.